The topological polar surface area (TPSA) is 25.2 Å². The third-order valence-corrected chi connectivity index (χ3v) is 4.57. The minimum Gasteiger partial charge on any atom is -0.388 e. The van der Waals surface area contributed by atoms with Crippen molar-refractivity contribution in [2.75, 3.05) is 0 Å². The van der Waals surface area contributed by atoms with Gasteiger partial charge in [0, 0.05) is 27.6 Å². The van der Waals surface area contributed by atoms with E-state index in [0.29, 0.717) is 0 Å². The van der Waals surface area contributed by atoms with E-state index < -0.39 is 0 Å². The van der Waals surface area contributed by atoms with E-state index in [-0.39, 0.29) is 6.10 Å². The smallest absolute Gasteiger partial charge is 0.0807 e. The molecule has 3 rings (SSSR count). The molecule has 18 heavy (non-hydrogen) atoms. The van der Waals surface area contributed by atoms with Crippen molar-refractivity contribution in [2.24, 2.45) is 0 Å². The third kappa shape index (κ3) is 1.91. The first-order valence-corrected chi connectivity index (χ1v) is 7.11. The van der Waals surface area contributed by atoms with E-state index in [2.05, 4.69) is 51.8 Å². The number of nitrogens with zero attached hydrogens (tertiary/aromatic N) is 1. The summed E-state index contributed by atoms with van der Waals surface area (Å²) in [7, 11) is 0. The van der Waals surface area contributed by atoms with E-state index >= 15 is 0 Å². The van der Waals surface area contributed by atoms with E-state index in [1.54, 1.807) is 0 Å². The molecule has 0 bridgehead atoms. The molecule has 2 nitrogen and oxygen atoms in total. The summed E-state index contributed by atoms with van der Waals surface area (Å²) in [5, 5.41) is 10.00. The quantitative estimate of drug-likeness (QED) is 0.849. The number of aliphatic hydroxyl groups is 1. The summed E-state index contributed by atoms with van der Waals surface area (Å²) in [5.74, 6) is 0. The summed E-state index contributed by atoms with van der Waals surface area (Å²) in [5.41, 5.74) is 4.74. The molecule has 2 aromatic rings. The Kier molecular flexibility index (Phi) is 3.04. The first-order valence-electron chi connectivity index (χ1n) is 6.31. The molecule has 1 aliphatic rings. The number of fused-ring (bicyclic) bond motifs is 1. The summed E-state index contributed by atoms with van der Waals surface area (Å²) in [6, 6.07) is 8.43. The van der Waals surface area contributed by atoms with Gasteiger partial charge in [0.1, 0.15) is 0 Å². The Labute approximate surface area is 115 Å². The van der Waals surface area contributed by atoms with Gasteiger partial charge in [0.2, 0.25) is 0 Å². The first kappa shape index (κ1) is 12.0. The maximum atomic E-state index is 10.00. The van der Waals surface area contributed by atoms with Crippen LogP contribution in [0.4, 0.5) is 0 Å². The molecule has 1 atom stereocenters. The van der Waals surface area contributed by atoms with Crippen LogP contribution in [0.5, 0.6) is 0 Å². The Morgan fingerprint density at radius 1 is 1.33 bits per heavy atom. The van der Waals surface area contributed by atoms with Gasteiger partial charge < -0.3 is 9.67 Å². The molecule has 0 amide bonds. The van der Waals surface area contributed by atoms with Crippen molar-refractivity contribution < 1.29 is 5.11 Å². The van der Waals surface area contributed by atoms with Crippen LogP contribution >= 0.6 is 15.9 Å². The summed E-state index contributed by atoms with van der Waals surface area (Å²) in [4.78, 5) is 0. The van der Waals surface area contributed by atoms with Gasteiger partial charge in [0.15, 0.2) is 0 Å². The number of aliphatic hydroxyl groups excluding tert-OH is 1. The third-order valence-electron chi connectivity index (χ3n) is 3.71. The van der Waals surface area contributed by atoms with Crippen molar-refractivity contribution in [2.45, 2.75) is 32.3 Å². The Morgan fingerprint density at radius 2 is 2.17 bits per heavy atom. The number of halogens is 1. The standard InChI is InChI=1S/C15H16BrNO/c1-10-5-6-11(9-13(10)16)17-8-7-12-14(17)3-2-4-15(12)18/h5-9,15,18H,2-4H2,1H3. The van der Waals surface area contributed by atoms with Crippen molar-refractivity contribution in [3.05, 3.63) is 51.8 Å². The summed E-state index contributed by atoms with van der Waals surface area (Å²) >= 11 is 3.58. The zero-order valence-electron chi connectivity index (χ0n) is 10.4. The first-order chi connectivity index (χ1) is 8.66. The second-order valence-electron chi connectivity index (χ2n) is 4.93. The van der Waals surface area contributed by atoms with Crippen LogP contribution in [0, 0.1) is 6.92 Å². The van der Waals surface area contributed by atoms with Crippen LogP contribution in [0.25, 0.3) is 5.69 Å². The van der Waals surface area contributed by atoms with E-state index in [1.165, 1.54) is 11.3 Å². The van der Waals surface area contributed by atoms with Crippen LogP contribution in [0.1, 0.15) is 35.8 Å². The molecule has 0 saturated carbocycles. The molecule has 94 valence electrons. The molecule has 1 heterocycles. The maximum Gasteiger partial charge on any atom is 0.0807 e. The molecule has 0 spiro atoms. The molecule has 1 aromatic heterocycles. The lowest BCUT2D eigenvalue weighted by Gasteiger charge is -2.20. The van der Waals surface area contributed by atoms with Gasteiger partial charge in [-0.25, -0.2) is 0 Å². The number of aryl methyl sites for hydroxylation is 1. The molecule has 0 aliphatic heterocycles. The Hall–Kier alpha value is -1.06. The fourth-order valence-electron chi connectivity index (χ4n) is 2.64. The van der Waals surface area contributed by atoms with Crippen molar-refractivity contribution in [1.29, 1.82) is 0 Å². The second-order valence-corrected chi connectivity index (χ2v) is 5.78. The van der Waals surface area contributed by atoms with Gasteiger partial charge in [-0.3, -0.25) is 0 Å². The minimum absolute atomic E-state index is 0.288. The molecule has 0 radical (unpaired) electrons. The van der Waals surface area contributed by atoms with Gasteiger partial charge in [-0.1, -0.05) is 22.0 Å². The Balaban J connectivity index is 2.09. The Morgan fingerprint density at radius 3 is 2.94 bits per heavy atom. The lowest BCUT2D eigenvalue weighted by Crippen LogP contribution is -2.11. The largest absolute Gasteiger partial charge is 0.388 e. The van der Waals surface area contributed by atoms with Gasteiger partial charge >= 0.3 is 0 Å². The number of hydrogen-bond donors (Lipinski definition) is 1. The normalized spacial score (nSPS) is 18.7. The van der Waals surface area contributed by atoms with E-state index in [9.17, 15) is 5.11 Å². The SMILES string of the molecule is Cc1ccc(-n2ccc3c2CCCC3O)cc1Br. The van der Waals surface area contributed by atoms with E-state index in [4.69, 9.17) is 0 Å². The molecule has 3 heteroatoms. The fourth-order valence-corrected chi connectivity index (χ4v) is 3.01. The zero-order chi connectivity index (χ0) is 12.7. The van der Waals surface area contributed by atoms with Gasteiger partial charge in [-0.2, -0.15) is 0 Å². The monoisotopic (exact) mass is 305 g/mol. The highest BCUT2D eigenvalue weighted by Crippen LogP contribution is 2.32. The average Bonchev–Trinajstić information content (AvgIpc) is 2.78. The highest BCUT2D eigenvalue weighted by atomic mass is 79.9. The van der Waals surface area contributed by atoms with Crippen LogP contribution < -0.4 is 0 Å². The van der Waals surface area contributed by atoms with E-state index in [1.807, 2.05) is 6.07 Å². The van der Waals surface area contributed by atoms with Crippen molar-refractivity contribution in [3.8, 4) is 5.69 Å². The van der Waals surface area contributed by atoms with Crippen LogP contribution in [0.15, 0.2) is 34.9 Å². The maximum absolute atomic E-state index is 10.00. The summed E-state index contributed by atoms with van der Waals surface area (Å²) in [6.45, 7) is 2.09. The van der Waals surface area contributed by atoms with Crippen LogP contribution in [0.2, 0.25) is 0 Å². The van der Waals surface area contributed by atoms with Gasteiger partial charge in [0.25, 0.3) is 0 Å². The van der Waals surface area contributed by atoms with Crippen LogP contribution in [-0.2, 0) is 6.42 Å². The molecular weight excluding hydrogens is 290 g/mol. The van der Waals surface area contributed by atoms with Gasteiger partial charge in [-0.05, 0) is 49.9 Å². The average molecular weight is 306 g/mol. The summed E-state index contributed by atoms with van der Waals surface area (Å²) in [6.07, 6.45) is 4.77. The molecule has 1 N–H and O–H groups in total. The fraction of sp³-hybridized carbons (Fsp3) is 0.333. The molecule has 1 unspecified atom stereocenters. The predicted octanol–water partition coefficient (Wildman–Crippen LogP) is 3.92. The number of rotatable bonds is 1. The Bertz CT molecular complexity index is 588. The number of hydrogen-bond acceptors (Lipinski definition) is 1. The molecule has 1 aliphatic carbocycles. The van der Waals surface area contributed by atoms with Gasteiger partial charge in [-0.15, -0.1) is 0 Å². The van der Waals surface area contributed by atoms with Crippen molar-refractivity contribution >= 4 is 15.9 Å². The zero-order valence-corrected chi connectivity index (χ0v) is 11.9. The second kappa shape index (κ2) is 4.56. The lowest BCUT2D eigenvalue weighted by molar-refractivity contribution is 0.156. The molecule has 1 aromatic carbocycles. The van der Waals surface area contributed by atoms with Crippen LogP contribution in [0.3, 0.4) is 0 Å². The summed E-state index contributed by atoms with van der Waals surface area (Å²) < 4.78 is 3.32. The van der Waals surface area contributed by atoms with Gasteiger partial charge in [0.05, 0.1) is 6.10 Å². The van der Waals surface area contributed by atoms with Crippen LogP contribution in [-0.4, -0.2) is 9.67 Å². The predicted molar refractivity (Wildman–Crippen MR) is 76.1 cm³/mol. The minimum atomic E-state index is -0.288. The molecule has 0 fully saturated rings. The molecular formula is C15H16BrNO. The van der Waals surface area contributed by atoms with Crippen molar-refractivity contribution in [1.82, 2.24) is 4.57 Å². The number of aromatic nitrogens is 1. The van der Waals surface area contributed by atoms with E-state index in [0.717, 1.165) is 35.0 Å². The number of benzene rings is 1. The molecule has 0 saturated heterocycles. The highest BCUT2D eigenvalue weighted by Gasteiger charge is 2.21. The highest BCUT2D eigenvalue weighted by molar-refractivity contribution is 9.10. The lowest BCUT2D eigenvalue weighted by atomic mass is 9.95. The van der Waals surface area contributed by atoms with Crippen molar-refractivity contribution in [3.63, 3.8) is 0 Å².